The van der Waals surface area contributed by atoms with Gasteiger partial charge in [-0.2, -0.15) is 4.98 Å². The molecule has 2 saturated heterocycles. The van der Waals surface area contributed by atoms with Crippen molar-refractivity contribution in [2.24, 2.45) is 5.92 Å². The van der Waals surface area contributed by atoms with E-state index < -0.39 is 5.92 Å². The second-order valence-corrected chi connectivity index (χ2v) is 9.54. The van der Waals surface area contributed by atoms with Crippen molar-refractivity contribution >= 4 is 40.6 Å². The molecule has 0 radical (unpaired) electrons. The molecule has 2 aliphatic heterocycles. The van der Waals surface area contributed by atoms with E-state index in [9.17, 15) is 9.59 Å². The van der Waals surface area contributed by atoms with Crippen LogP contribution >= 0.6 is 0 Å². The van der Waals surface area contributed by atoms with Crippen molar-refractivity contribution in [1.82, 2.24) is 9.97 Å². The average molecular weight is 501 g/mol. The molecule has 1 aromatic heterocycles. The highest BCUT2D eigenvalue weighted by Crippen LogP contribution is 2.28. The summed E-state index contributed by atoms with van der Waals surface area (Å²) in [4.78, 5) is 38.7. The number of ether oxygens (including phenoxy) is 1. The van der Waals surface area contributed by atoms with Crippen LogP contribution in [0.25, 0.3) is 0 Å². The van der Waals surface area contributed by atoms with Gasteiger partial charge in [0.1, 0.15) is 11.6 Å². The van der Waals surface area contributed by atoms with Crippen LogP contribution < -0.4 is 25.2 Å². The molecule has 2 aliphatic rings. The van der Waals surface area contributed by atoms with Gasteiger partial charge in [0.15, 0.2) is 0 Å². The number of benzene rings is 2. The number of hydrogen-bond donors (Lipinski definition) is 2. The van der Waals surface area contributed by atoms with Gasteiger partial charge in [-0.25, -0.2) is 4.98 Å². The Morgan fingerprint density at radius 3 is 2.38 bits per heavy atom. The Hall–Kier alpha value is -4.14. The number of nitrogens with zero attached hydrogens (tertiary/aromatic N) is 4. The molecule has 2 fully saturated rings. The van der Waals surface area contributed by atoms with Gasteiger partial charge in [-0.05, 0) is 74.7 Å². The maximum Gasteiger partial charge on any atom is 0.229 e. The average Bonchev–Trinajstić information content (AvgIpc) is 3.32. The lowest BCUT2D eigenvalue weighted by Gasteiger charge is -2.27. The molecular formula is C28H32N6O3. The Balaban J connectivity index is 1.19. The smallest absolute Gasteiger partial charge is 0.229 e. The molecule has 9 nitrogen and oxygen atoms in total. The van der Waals surface area contributed by atoms with Crippen molar-refractivity contribution in [3.63, 3.8) is 0 Å². The summed E-state index contributed by atoms with van der Waals surface area (Å²) >= 11 is 0. The van der Waals surface area contributed by atoms with E-state index in [4.69, 9.17) is 9.72 Å². The molecule has 3 heterocycles. The second-order valence-electron chi connectivity index (χ2n) is 9.54. The molecule has 2 aromatic carbocycles. The summed E-state index contributed by atoms with van der Waals surface area (Å²) < 4.78 is 5.18. The number of piperidine rings is 1. The fourth-order valence-electron chi connectivity index (χ4n) is 4.78. The predicted octanol–water partition coefficient (Wildman–Crippen LogP) is 4.52. The van der Waals surface area contributed by atoms with Crippen molar-refractivity contribution < 1.29 is 14.3 Å². The van der Waals surface area contributed by atoms with Gasteiger partial charge in [0.05, 0.1) is 13.0 Å². The van der Waals surface area contributed by atoms with Gasteiger partial charge in [-0.15, -0.1) is 0 Å². The highest BCUT2D eigenvalue weighted by atomic mass is 16.5. The third-order valence-electron chi connectivity index (χ3n) is 6.79. The number of carbonyl (C=O) groups is 2. The first-order chi connectivity index (χ1) is 18.0. The van der Waals surface area contributed by atoms with Gasteiger partial charge in [0.25, 0.3) is 0 Å². The summed E-state index contributed by atoms with van der Waals surface area (Å²) in [6.45, 7) is 4.30. The van der Waals surface area contributed by atoms with Gasteiger partial charge >= 0.3 is 0 Å². The van der Waals surface area contributed by atoms with Crippen molar-refractivity contribution in [2.75, 3.05) is 47.2 Å². The number of hydrogen-bond acceptors (Lipinski definition) is 7. The SMILES string of the molecule is COc1ccc(N2CC(C(=O)Nc3ccc(Nc4cc(C)nc(N5CCCCC5)n4)cc3)CC2=O)cc1. The van der Waals surface area contributed by atoms with Crippen molar-refractivity contribution in [1.29, 1.82) is 0 Å². The molecule has 192 valence electrons. The molecular weight excluding hydrogens is 468 g/mol. The van der Waals surface area contributed by atoms with Crippen LogP contribution in [0.3, 0.4) is 0 Å². The quantitative estimate of drug-likeness (QED) is 0.492. The lowest BCUT2D eigenvalue weighted by atomic mass is 10.1. The Kier molecular flexibility index (Phi) is 7.20. The summed E-state index contributed by atoms with van der Waals surface area (Å²) in [6.07, 6.45) is 3.78. The number of methoxy groups -OCH3 is 1. The maximum absolute atomic E-state index is 12.9. The van der Waals surface area contributed by atoms with Crippen LogP contribution in [0.4, 0.5) is 28.8 Å². The normalized spacial score (nSPS) is 17.6. The molecule has 2 amide bonds. The highest BCUT2D eigenvalue weighted by molar-refractivity contribution is 6.03. The van der Waals surface area contributed by atoms with Gasteiger partial charge in [0, 0.05) is 54.9 Å². The van der Waals surface area contributed by atoms with Crippen LogP contribution in [0.15, 0.2) is 54.6 Å². The van der Waals surface area contributed by atoms with E-state index in [0.717, 1.165) is 47.7 Å². The monoisotopic (exact) mass is 500 g/mol. The number of aryl methyl sites for hydroxylation is 1. The van der Waals surface area contributed by atoms with Crippen LogP contribution in [-0.2, 0) is 9.59 Å². The second kappa shape index (κ2) is 10.9. The zero-order valence-corrected chi connectivity index (χ0v) is 21.2. The minimum atomic E-state index is -0.412. The molecule has 1 unspecified atom stereocenters. The predicted molar refractivity (Wildman–Crippen MR) is 145 cm³/mol. The van der Waals surface area contributed by atoms with E-state index in [2.05, 4.69) is 20.5 Å². The van der Waals surface area contributed by atoms with Crippen LogP contribution in [0.5, 0.6) is 5.75 Å². The maximum atomic E-state index is 12.9. The summed E-state index contributed by atoms with van der Waals surface area (Å²) in [5.74, 6) is 1.59. The molecule has 0 aliphatic carbocycles. The first-order valence-electron chi connectivity index (χ1n) is 12.7. The number of nitrogens with one attached hydrogen (secondary N) is 2. The summed E-state index contributed by atoms with van der Waals surface area (Å²) in [5, 5.41) is 6.30. The molecule has 0 spiro atoms. The van der Waals surface area contributed by atoms with Crippen molar-refractivity contribution in [3.05, 3.63) is 60.3 Å². The number of carbonyl (C=O) groups excluding carboxylic acids is 2. The van der Waals surface area contributed by atoms with E-state index in [1.54, 1.807) is 12.0 Å². The van der Waals surface area contributed by atoms with Crippen LogP contribution in [0, 0.1) is 12.8 Å². The number of rotatable bonds is 7. The molecule has 3 aromatic rings. The fourth-order valence-corrected chi connectivity index (χ4v) is 4.78. The summed E-state index contributed by atoms with van der Waals surface area (Å²) in [5.41, 5.74) is 3.22. The van der Waals surface area contributed by atoms with Crippen LogP contribution in [-0.4, -0.2) is 48.5 Å². The van der Waals surface area contributed by atoms with E-state index in [1.807, 2.05) is 61.5 Å². The molecule has 1 atom stereocenters. The Labute approximate surface area is 216 Å². The number of aromatic nitrogens is 2. The van der Waals surface area contributed by atoms with Gasteiger partial charge < -0.3 is 25.2 Å². The highest BCUT2D eigenvalue weighted by Gasteiger charge is 2.35. The first kappa shape index (κ1) is 24.5. The topological polar surface area (TPSA) is 99.7 Å². The lowest BCUT2D eigenvalue weighted by molar-refractivity contribution is -0.122. The largest absolute Gasteiger partial charge is 0.497 e. The summed E-state index contributed by atoms with van der Waals surface area (Å²) in [7, 11) is 1.60. The van der Waals surface area contributed by atoms with E-state index in [1.165, 1.54) is 19.3 Å². The molecule has 5 rings (SSSR count). The van der Waals surface area contributed by atoms with Crippen molar-refractivity contribution in [2.45, 2.75) is 32.6 Å². The van der Waals surface area contributed by atoms with Gasteiger partial charge in [-0.1, -0.05) is 0 Å². The zero-order valence-electron chi connectivity index (χ0n) is 21.2. The molecule has 9 heteroatoms. The number of amides is 2. The third kappa shape index (κ3) is 5.82. The molecule has 0 bridgehead atoms. The van der Waals surface area contributed by atoms with E-state index in [-0.39, 0.29) is 18.2 Å². The Morgan fingerprint density at radius 1 is 0.973 bits per heavy atom. The van der Waals surface area contributed by atoms with E-state index >= 15 is 0 Å². The first-order valence-corrected chi connectivity index (χ1v) is 12.7. The summed E-state index contributed by atoms with van der Waals surface area (Å²) in [6, 6.07) is 16.7. The van der Waals surface area contributed by atoms with Gasteiger partial charge in [-0.3, -0.25) is 9.59 Å². The number of anilines is 5. The molecule has 0 saturated carbocycles. The fraction of sp³-hybridized carbons (Fsp3) is 0.357. The lowest BCUT2D eigenvalue weighted by Crippen LogP contribution is -2.31. The molecule has 2 N–H and O–H groups in total. The third-order valence-corrected chi connectivity index (χ3v) is 6.79. The Bertz CT molecular complexity index is 1260. The van der Waals surface area contributed by atoms with Crippen LogP contribution in [0.1, 0.15) is 31.4 Å². The van der Waals surface area contributed by atoms with Gasteiger partial charge in [0.2, 0.25) is 17.8 Å². The van der Waals surface area contributed by atoms with E-state index in [0.29, 0.717) is 12.2 Å². The van der Waals surface area contributed by atoms with Crippen molar-refractivity contribution in [3.8, 4) is 5.75 Å². The Morgan fingerprint density at radius 2 is 1.68 bits per heavy atom. The minimum absolute atomic E-state index is 0.0612. The standard InChI is InChI=1S/C28H32N6O3/c1-19-16-25(32-28(29-19)33-14-4-3-5-15-33)30-21-6-8-22(9-7-21)31-27(36)20-17-26(35)34(18-20)23-10-12-24(37-2)13-11-23/h6-13,16,20H,3-5,14-15,17-18H2,1-2H3,(H,31,36)(H,29,30,32). The molecule has 37 heavy (non-hydrogen) atoms. The zero-order chi connectivity index (χ0) is 25.8. The van der Waals surface area contributed by atoms with Crippen LogP contribution in [0.2, 0.25) is 0 Å². The minimum Gasteiger partial charge on any atom is -0.497 e.